The quantitative estimate of drug-likeness (QED) is 0.117. The van der Waals surface area contributed by atoms with Gasteiger partial charge in [0.25, 0.3) is 0 Å². The number of ether oxygens (including phenoxy) is 4. The molecule has 41 heavy (non-hydrogen) atoms. The van der Waals surface area contributed by atoms with Crippen LogP contribution in [-0.2, 0) is 58.7 Å². The van der Waals surface area contributed by atoms with E-state index in [0.717, 1.165) is 0 Å². The molecule has 0 aromatic rings. The first-order valence-electron chi connectivity index (χ1n) is 13.2. The van der Waals surface area contributed by atoms with E-state index in [0.29, 0.717) is 0 Å². The van der Waals surface area contributed by atoms with E-state index >= 15 is 0 Å². The van der Waals surface area contributed by atoms with Crippen molar-refractivity contribution in [1.82, 2.24) is 0 Å². The van der Waals surface area contributed by atoms with Crippen LogP contribution in [-0.4, -0.2) is 99.7 Å². The zero-order valence-corrected chi connectivity index (χ0v) is 33.1. The average Bonchev–Trinajstić information content (AvgIpc) is 2.71. The summed E-state index contributed by atoms with van der Waals surface area (Å²) in [5, 5.41) is 0. The van der Waals surface area contributed by atoms with Crippen LogP contribution in [0.3, 0.4) is 0 Å². The van der Waals surface area contributed by atoms with Crippen LogP contribution < -0.4 is 0 Å². The second kappa shape index (κ2) is 15.6. The van der Waals surface area contributed by atoms with Crippen molar-refractivity contribution in [2.75, 3.05) is 24.9 Å². The Morgan fingerprint density at radius 3 is 0.683 bits per heavy atom. The van der Waals surface area contributed by atoms with E-state index in [1.165, 1.54) is 27.7 Å². The van der Waals surface area contributed by atoms with Crippen LogP contribution in [0.2, 0.25) is 65.5 Å². The Bertz CT molecular complexity index is 855. The highest BCUT2D eigenvalue weighted by Gasteiger charge is 2.55. The Hall–Kier alpha value is -1.02. The molecule has 0 aliphatic carbocycles. The number of carbonyl (C=O) groups excluding carboxylic acids is 4. The maximum Gasteiger partial charge on any atom is 0.356 e. The van der Waals surface area contributed by atoms with E-state index in [4.69, 9.17) is 39.5 Å². The van der Waals surface area contributed by atoms with Gasteiger partial charge in [-0.15, -0.1) is 0 Å². The summed E-state index contributed by atoms with van der Waals surface area (Å²) in [5.74, 6) is -2.09. The Balaban J connectivity index is 6.73. The molecule has 0 spiro atoms. The van der Waals surface area contributed by atoms with Crippen molar-refractivity contribution >= 4 is 74.8 Å². The summed E-state index contributed by atoms with van der Waals surface area (Å²) in [5.41, 5.74) is 0. The third kappa shape index (κ3) is 19.0. The van der Waals surface area contributed by atoms with E-state index < -0.39 is 74.8 Å². The molecule has 0 N–H and O–H groups in total. The first-order valence-corrected chi connectivity index (χ1v) is 30.2. The molecule has 4 unspecified atom stereocenters. The Kier molecular flexibility index (Phi) is 15.2. The van der Waals surface area contributed by atoms with Crippen molar-refractivity contribution in [3.05, 3.63) is 0 Å². The van der Waals surface area contributed by atoms with E-state index in [-0.39, 0.29) is 24.9 Å². The molecule has 0 saturated carbocycles. The minimum absolute atomic E-state index is 0.112. The molecule has 0 aromatic heterocycles. The van der Waals surface area contributed by atoms with Gasteiger partial charge in [-0.3, -0.25) is 19.2 Å². The maximum absolute atomic E-state index is 11.9. The van der Waals surface area contributed by atoms with E-state index in [1.54, 1.807) is 26.2 Å². The van der Waals surface area contributed by atoms with E-state index in [2.05, 4.69) is 0 Å². The maximum atomic E-state index is 11.9. The topological polar surface area (TPSA) is 151 Å². The number of hydrogen-bond donors (Lipinski definition) is 0. The molecule has 0 radical (unpaired) electrons. The van der Waals surface area contributed by atoms with E-state index in [9.17, 15) is 19.2 Å². The number of carbonyl (C=O) groups is 4. The van der Waals surface area contributed by atoms with Crippen molar-refractivity contribution in [3.8, 4) is 0 Å². The molecule has 19 heteroatoms. The number of hydrogen-bond acceptors (Lipinski definition) is 13. The van der Waals surface area contributed by atoms with Gasteiger partial charge in [-0.2, -0.15) is 0 Å². The molecule has 4 atom stereocenters. The third-order valence-electron chi connectivity index (χ3n) is 4.49. The van der Waals surface area contributed by atoms with Crippen molar-refractivity contribution in [2.45, 2.75) is 93.2 Å². The highest BCUT2D eigenvalue weighted by Crippen LogP contribution is 2.29. The molecule has 0 bridgehead atoms. The smallest absolute Gasteiger partial charge is 0.356 e. The van der Waals surface area contributed by atoms with Gasteiger partial charge in [0.2, 0.25) is 0 Å². The molecule has 0 aromatic carbocycles. The van der Waals surface area contributed by atoms with Crippen LogP contribution in [0.25, 0.3) is 0 Å². The fourth-order valence-electron chi connectivity index (χ4n) is 3.92. The highest BCUT2D eigenvalue weighted by atomic mass is 28.5. The van der Waals surface area contributed by atoms with Crippen LogP contribution in [0.4, 0.5) is 0 Å². The average molecular weight is 691 g/mol. The molecule has 0 fully saturated rings. The summed E-state index contributed by atoms with van der Waals surface area (Å²) in [6, 6.07) is 0. The van der Waals surface area contributed by atoms with Gasteiger partial charge >= 0.3 is 58.1 Å². The molecule has 240 valence electrons. The molecule has 13 nitrogen and oxygen atoms in total. The summed E-state index contributed by atoms with van der Waals surface area (Å²) >= 11 is 0. The van der Waals surface area contributed by atoms with Gasteiger partial charge in [0, 0.05) is 27.7 Å². The summed E-state index contributed by atoms with van der Waals surface area (Å²) in [6.07, 6.45) is -0.689. The lowest BCUT2D eigenvalue weighted by atomic mass is 10.8. The lowest BCUT2D eigenvalue weighted by Crippen LogP contribution is -2.67. The van der Waals surface area contributed by atoms with Crippen molar-refractivity contribution in [2.24, 2.45) is 0 Å². The van der Waals surface area contributed by atoms with Gasteiger partial charge in [-0.05, 0) is 65.5 Å². The van der Waals surface area contributed by atoms with Gasteiger partial charge in [-0.1, -0.05) is 0 Å². The Morgan fingerprint density at radius 1 is 0.366 bits per heavy atom. The first kappa shape index (κ1) is 40.0. The summed E-state index contributed by atoms with van der Waals surface area (Å²) < 4.78 is 54.3. The largest absolute Gasteiger partial charge is 0.464 e. The Labute approximate surface area is 251 Å². The zero-order chi connectivity index (χ0) is 32.5. The molecular formula is C22H50O13Si6. The van der Waals surface area contributed by atoms with Crippen LogP contribution in [0.5, 0.6) is 0 Å². The minimum Gasteiger partial charge on any atom is -0.464 e. The molecule has 0 amide bonds. The minimum atomic E-state index is -3.59. The predicted molar refractivity (Wildman–Crippen MR) is 165 cm³/mol. The molecule has 0 aliphatic rings. The van der Waals surface area contributed by atoms with Gasteiger partial charge in [0.1, 0.15) is 24.9 Å². The van der Waals surface area contributed by atoms with Gasteiger partial charge in [0.05, 0.1) is 0 Å². The second-order valence-corrected chi connectivity index (χ2v) is 35.1. The van der Waals surface area contributed by atoms with Crippen molar-refractivity contribution in [1.29, 1.82) is 0 Å². The fourth-order valence-corrected chi connectivity index (χ4v) is 31.2. The van der Waals surface area contributed by atoms with Crippen LogP contribution >= 0.6 is 0 Å². The molecule has 0 rings (SSSR count). The number of esters is 4. The Morgan fingerprint density at radius 2 is 0.537 bits per heavy atom. The van der Waals surface area contributed by atoms with E-state index in [1.807, 2.05) is 39.3 Å². The van der Waals surface area contributed by atoms with Gasteiger partial charge < -0.3 is 39.5 Å². The normalized spacial score (nSPS) is 18.1. The number of rotatable bonds is 18. The lowest BCUT2D eigenvalue weighted by molar-refractivity contribution is -0.140. The van der Waals surface area contributed by atoms with Crippen molar-refractivity contribution < 1.29 is 58.7 Å². The molecule has 0 saturated heterocycles. The summed E-state index contributed by atoms with van der Waals surface area (Å²) in [6.45, 7) is 23.9. The molecule has 0 heterocycles. The van der Waals surface area contributed by atoms with Gasteiger partial charge in [0.15, 0.2) is 16.6 Å². The molecule has 0 aliphatic heterocycles. The second-order valence-electron chi connectivity index (χ2n) is 12.4. The standard InChI is InChI=1S/C22H50O13Si6/c1-19(23)27-15-38(11,31-36(5,6)7)33-40(13,17-29-21(3)25)35-41(14,18-30-22(4)26)34-39(12,16-28-20(2)24)32-37(8,9)10/h15-18H2,1-14H3. The predicted octanol–water partition coefficient (Wildman–Crippen LogP) is 3.44. The third-order valence-corrected chi connectivity index (χ3v) is 25.9. The lowest BCUT2D eigenvalue weighted by Gasteiger charge is -2.45. The summed E-state index contributed by atoms with van der Waals surface area (Å²) in [7, 11) is -18.2. The van der Waals surface area contributed by atoms with Crippen molar-refractivity contribution in [3.63, 3.8) is 0 Å². The highest BCUT2D eigenvalue weighted by molar-refractivity contribution is 6.92. The van der Waals surface area contributed by atoms with Crippen LogP contribution in [0.1, 0.15) is 27.7 Å². The SMILES string of the molecule is CC(=O)OC[Si](C)(O[Si](C)(C)C)O[Si](C)(COC(C)=O)O[Si](C)(COC(C)=O)O[Si](C)(COC(C)=O)O[Si](C)(C)C. The fraction of sp³-hybridized carbons (Fsp3) is 0.818. The zero-order valence-electron chi connectivity index (χ0n) is 27.1. The summed E-state index contributed by atoms with van der Waals surface area (Å²) in [4.78, 5) is 47.2. The first-order chi connectivity index (χ1) is 18.2. The van der Waals surface area contributed by atoms with Crippen LogP contribution in [0.15, 0.2) is 0 Å². The van der Waals surface area contributed by atoms with Crippen LogP contribution in [0, 0.1) is 0 Å². The van der Waals surface area contributed by atoms with Gasteiger partial charge in [-0.25, -0.2) is 0 Å². The monoisotopic (exact) mass is 690 g/mol. The molecular weight excluding hydrogens is 641 g/mol.